The normalized spacial score (nSPS) is 10.7. The number of rotatable bonds is 6. The summed E-state index contributed by atoms with van der Waals surface area (Å²) in [4.78, 5) is 39.1. The summed E-state index contributed by atoms with van der Waals surface area (Å²) in [5, 5.41) is 0. The summed E-state index contributed by atoms with van der Waals surface area (Å²) in [5.41, 5.74) is 4.39. The number of H-pyrrole nitrogens is 1. The van der Waals surface area contributed by atoms with Crippen LogP contribution in [-0.2, 0) is 6.54 Å². The maximum atomic E-state index is 12.4. The number of ketones is 1. The molecule has 6 nitrogen and oxygen atoms in total. The molecule has 1 heterocycles. The van der Waals surface area contributed by atoms with Crippen LogP contribution in [0.25, 0.3) is 0 Å². The van der Waals surface area contributed by atoms with Crippen molar-refractivity contribution in [2.45, 2.75) is 24.8 Å². The Bertz CT molecular complexity index is 845. The summed E-state index contributed by atoms with van der Waals surface area (Å²) in [5.74, 6) is -0.423. The molecular formula is C15H16BrN3O3S. The van der Waals surface area contributed by atoms with Crippen LogP contribution in [0.15, 0.2) is 43.2 Å². The number of nitrogens with two attached hydrogens (primary N) is 1. The number of hydrogen-bond donors (Lipinski definition) is 2. The lowest BCUT2D eigenvalue weighted by molar-refractivity contribution is 0.102. The van der Waals surface area contributed by atoms with E-state index in [1.807, 2.05) is 31.2 Å². The van der Waals surface area contributed by atoms with Gasteiger partial charge >= 0.3 is 5.69 Å². The van der Waals surface area contributed by atoms with Gasteiger partial charge in [0, 0.05) is 15.9 Å². The lowest BCUT2D eigenvalue weighted by Gasteiger charge is -2.11. The van der Waals surface area contributed by atoms with E-state index in [9.17, 15) is 14.4 Å². The number of benzene rings is 1. The van der Waals surface area contributed by atoms with Crippen molar-refractivity contribution in [3.05, 3.63) is 55.1 Å². The fraction of sp³-hybridized carbons (Fsp3) is 0.267. The molecule has 0 amide bonds. The summed E-state index contributed by atoms with van der Waals surface area (Å²) < 4.78 is 2.09. The molecule has 23 heavy (non-hydrogen) atoms. The minimum absolute atomic E-state index is 0.0558. The van der Waals surface area contributed by atoms with Gasteiger partial charge in [-0.2, -0.15) is 0 Å². The second-order valence-electron chi connectivity index (χ2n) is 4.81. The van der Waals surface area contributed by atoms with Crippen LogP contribution >= 0.6 is 27.7 Å². The highest BCUT2D eigenvalue weighted by Crippen LogP contribution is 2.27. The lowest BCUT2D eigenvalue weighted by Crippen LogP contribution is -2.36. The van der Waals surface area contributed by atoms with Crippen molar-refractivity contribution in [2.24, 2.45) is 0 Å². The number of carbonyl (C=O) groups excluding carboxylic acids is 1. The molecule has 122 valence electrons. The predicted octanol–water partition coefficient (Wildman–Crippen LogP) is 2.27. The molecule has 1 aromatic heterocycles. The Labute approximate surface area is 145 Å². The van der Waals surface area contributed by atoms with Gasteiger partial charge in [-0.3, -0.25) is 19.1 Å². The predicted molar refractivity (Wildman–Crippen MR) is 95.2 cm³/mol. The molecule has 0 aliphatic heterocycles. The van der Waals surface area contributed by atoms with Crippen LogP contribution < -0.4 is 17.0 Å². The molecule has 0 fully saturated rings. The highest BCUT2D eigenvalue weighted by molar-refractivity contribution is 9.10. The molecule has 0 spiro atoms. The Kier molecular flexibility index (Phi) is 5.84. The van der Waals surface area contributed by atoms with E-state index in [2.05, 4.69) is 20.9 Å². The first-order valence-electron chi connectivity index (χ1n) is 6.98. The smallest absolute Gasteiger partial charge is 0.329 e. The molecular weight excluding hydrogens is 382 g/mol. The van der Waals surface area contributed by atoms with Gasteiger partial charge in [0.25, 0.3) is 5.56 Å². The maximum absolute atomic E-state index is 12.4. The van der Waals surface area contributed by atoms with Gasteiger partial charge in [0.1, 0.15) is 11.4 Å². The van der Waals surface area contributed by atoms with Gasteiger partial charge in [0.2, 0.25) is 0 Å². The van der Waals surface area contributed by atoms with Crippen LogP contribution in [0.2, 0.25) is 0 Å². The Balaban J connectivity index is 2.29. The van der Waals surface area contributed by atoms with Gasteiger partial charge in [0.05, 0.1) is 5.75 Å². The van der Waals surface area contributed by atoms with E-state index in [0.717, 1.165) is 9.37 Å². The monoisotopic (exact) mass is 397 g/mol. The average molecular weight is 398 g/mol. The molecule has 0 radical (unpaired) electrons. The highest BCUT2D eigenvalue weighted by Gasteiger charge is 2.19. The number of aromatic nitrogens is 2. The zero-order valence-corrected chi connectivity index (χ0v) is 14.9. The maximum Gasteiger partial charge on any atom is 0.329 e. The second kappa shape index (κ2) is 7.65. The Morgan fingerprint density at radius 3 is 2.70 bits per heavy atom. The molecule has 1 aromatic carbocycles. The number of anilines is 1. The van der Waals surface area contributed by atoms with E-state index in [1.54, 1.807) is 0 Å². The van der Waals surface area contributed by atoms with Crippen molar-refractivity contribution in [1.29, 1.82) is 0 Å². The van der Waals surface area contributed by atoms with Crippen molar-refractivity contribution in [1.82, 2.24) is 9.55 Å². The summed E-state index contributed by atoms with van der Waals surface area (Å²) >= 11 is 4.70. The topological polar surface area (TPSA) is 97.9 Å². The van der Waals surface area contributed by atoms with E-state index < -0.39 is 17.0 Å². The zero-order chi connectivity index (χ0) is 17.0. The fourth-order valence-electron chi connectivity index (χ4n) is 2.08. The molecule has 0 atom stereocenters. The lowest BCUT2D eigenvalue weighted by atomic mass is 10.2. The third-order valence-corrected chi connectivity index (χ3v) is 5.19. The number of aromatic amines is 1. The van der Waals surface area contributed by atoms with Crippen molar-refractivity contribution in [3.63, 3.8) is 0 Å². The van der Waals surface area contributed by atoms with Crippen molar-refractivity contribution >= 4 is 39.3 Å². The van der Waals surface area contributed by atoms with Crippen molar-refractivity contribution < 1.29 is 4.79 Å². The molecule has 0 aliphatic rings. The van der Waals surface area contributed by atoms with Gasteiger partial charge in [-0.15, -0.1) is 11.8 Å². The van der Waals surface area contributed by atoms with Crippen LogP contribution in [0, 0.1) is 0 Å². The van der Waals surface area contributed by atoms with Crippen molar-refractivity contribution in [2.75, 3.05) is 11.5 Å². The number of carbonyl (C=O) groups is 1. The molecule has 0 aliphatic carbocycles. The van der Waals surface area contributed by atoms with E-state index in [1.165, 1.54) is 16.3 Å². The SMILES string of the molecule is CCCn1c(N)c(C(=O)CSc2ccccc2Br)c(=O)[nH]c1=O. The first kappa shape index (κ1) is 17.6. The second-order valence-corrected chi connectivity index (χ2v) is 6.68. The van der Waals surface area contributed by atoms with Crippen LogP contribution in [0.1, 0.15) is 23.7 Å². The number of nitrogen functional groups attached to an aromatic ring is 1. The molecule has 3 N–H and O–H groups in total. The minimum atomic E-state index is -0.738. The highest BCUT2D eigenvalue weighted by atomic mass is 79.9. The molecule has 0 saturated heterocycles. The number of thioether (sulfide) groups is 1. The molecule has 0 saturated carbocycles. The van der Waals surface area contributed by atoms with Gasteiger partial charge in [0.15, 0.2) is 5.78 Å². The number of nitrogens with zero attached hydrogens (tertiary/aromatic N) is 1. The van der Waals surface area contributed by atoms with Crippen molar-refractivity contribution in [3.8, 4) is 0 Å². The summed E-state index contributed by atoms with van der Waals surface area (Å²) in [6, 6.07) is 7.47. The van der Waals surface area contributed by atoms with Crippen LogP contribution in [0.4, 0.5) is 5.82 Å². The third-order valence-electron chi connectivity index (χ3n) is 3.16. The zero-order valence-electron chi connectivity index (χ0n) is 12.5. The fourth-order valence-corrected chi connectivity index (χ4v) is 3.52. The quantitative estimate of drug-likeness (QED) is 0.575. The van der Waals surface area contributed by atoms with E-state index in [4.69, 9.17) is 5.73 Å². The molecule has 0 unspecified atom stereocenters. The van der Waals surface area contributed by atoms with Gasteiger partial charge < -0.3 is 5.73 Å². The summed E-state index contributed by atoms with van der Waals surface area (Å²) in [7, 11) is 0. The van der Waals surface area contributed by atoms with E-state index in [0.29, 0.717) is 13.0 Å². The Hall–Kier alpha value is -1.80. The number of hydrogen-bond acceptors (Lipinski definition) is 5. The standard InChI is InChI=1S/C15H16BrN3O3S/c1-2-7-19-13(17)12(14(21)18-15(19)22)10(20)8-23-11-6-4-3-5-9(11)16/h3-6H,2,7-8,17H2,1H3,(H,18,21,22). The van der Waals surface area contributed by atoms with Crippen LogP contribution in [-0.4, -0.2) is 21.1 Å². The van der Waals surface area contributed by atoms with Gasteiger partial charge in [-0.05, 0) is 34.5 Å². The molecule has 2 aromatic rings. The summed E-state index contributed by atoms with van der Waals surface area (Å²) in [6.45, 7) is 2.22. The minimum Gasteiger partial charge on any atom is -0.384 e. The van der Waals surface area contributed by atoms with Crippen LogP contribution in [0.3, 0.4) is 0 Å². The Morgan fingerprint density at radius 2 is 2.04 bits per heavy atom. The first-order chi connectivity index (χ1) is 11.0. The van der Waals surface area contributed by atoms with Crippen LogP contribution in [0.5, 0.6) is 0 Å². The summed E-state index contributed by atoms with van der Waals surface area (Å²) in [6.07, 6.45) is 0.662. The largest absolute Gasteiger partial charge is 0.384 e. The first-order valence-corrected chi connectivity index (χ1v) is 8.76. The van der Waals surface area contributed by atoms with E-state index >= 15 is 0 Å². The van der Waals surface area contributed by atoms with Gasteiger partial charge in [-0.25, -0.2) is 4.79 Å². The van der Waals surface area contributed by atoms with E-state index in [-0.39, 0.29) is 17.1 Å². The molecule has 0 bridgehead atoms. The number of halogens is 1. The Morgan fingerprint density at radius 1 is 1.35 bits per heavy atom. The average Bonchev–Trinajstić information content (AvgIpc) is 2.50. The van der Waals surface area contributed by atoms with Gasteiger partial charge in [-0.1, -0.05) is 19.1 Å². The number of nitrogens with one attached hydrogen (secondary N) is 1. The number of Topliss-reactive ketones (excluding diaryl/α,β-unsaturated/α-hetero) is 1. The molecule has 2 rings (SSSR count). The molecule has 8 heteroatoms. The third kappa shape index (κ3) is 3.94.